The number of amides is 2. The molecule has 2 rings (SSSR count). The highest BCUT2D eigenvalue weighted by Gasteiger charge is 2.22. The molecule has 0 saturated carbocycles. The Labute approximate surface area is 124 Å². The largest absolute Gasteiger partial charge is 0.333 e. The number of nitrogens with zero attached hydrogens (tertiary/aromatic N) is 1. The van der Waals surface area contributed by atoms with E-state index in [1.165, 1.54) is 0 Å². The molecule has 3 N–H and O–H groups in total. The Kier molecular flexibility index (Phi) is 4.96. The second-order valence-electron chi connectivity index (χ2n) is 5.00. The van der Waals surface area contributed by atoms with Gasteiger partial charge in [0.2, 0.25) is 11.8 Å². The van der Waals surface area contributed by atoms with Crippen LogP contribution in [-0.2, 0) is 9.59 Å². The molecule has 0 bridgehead atoms. The van der Waals surface area contributed by atoms with E-state index in [0.29, 0.717) is 19.5 Å². The van der Waals surface area contributed by atoms with E-state index in [4.69, 9.17) is 5.73 Å². The minimum Gasteiger partial charge on any atom is -0.333 e. The number of rotatable bonds is 3. The first kappa shape index (κ1) is 15.1. The van der Waals surface area contributed by atoms with Crippen molar-refractivity contribution in [3.63, 3.8) is 0 Å². The number of aryl methyl sites for hydroxylation is 1. The van der Waals surface area contributed by atoms with Gasteiger partial charge in [-0.05, 0) is 31.0 Å². The molecule has 1 aliphatic rings. The molecule has 110 valence electrons. The first-order valence-corrected chi connectivity index (χ1v) is 6.97. The zero-order chi connectivity index (χ0) is 15.2. The van der Waals surface area contributed by atoms with Crippen LogP contribution in [0.2, 0.25) is 0 Å². The van der Waals surface area contributed by atoms with Crippen molar-refractivity contribution in [1.82, 2.24) is 4.90 Å². The third-order valence-electron chi connectivity index (χ3n) is 3.35. The highest BCUT2D eigenvalue weighted by molar-refractivity contribution is 5.95. The topological polar surface area (TPSA) is 75.4 Å². The second-order valence-corrected chi connectivity index (χ2v) is 5.00. The number of hydrogen-bond donors (Lipinski definition) is 2. The monoisotopic (exact) mass is 285 g/mol. The molecule has 5 heteroatoms. The molecule has 0 atom stereocenters. The molecular weight excluding hydrogens is 266 g/mol. The molecule has 0 spiro atoms. The molecule has 1 heterocycles. The van der Waals surface area contributed by atoms with Crippen LogP contribution in [0.1, 0.15) is 24.0 Å². The maximum atomic E-state index is 12.0. The van der Waals surface area contributed by atoms with E-state index in [2.05, 4.69) is 17.2 Å². The summed E-state index contributed by atoms with van der Waals surface area (Å²) >= 11 is 0. The Morgan fingerprint density at radius 2 is 2.29 bits per heavy atom. The number of hydrogen-bond acceptors (Lipinski definition) is 3. The van der Waals surface area contributed by atoms with Gasteiger partial charge >= 0.3 is 0 Å². The summed E-state index contributed by atoms with van der Waals surface area (Å²) in [6, 6.07) is 5.61. The lowest BCUT2D eigenvalue weighted by Gasteiger charge is -2.16. The minimum absolute atomic E-state index is 0.0458. The van der Waals surface area contributed by atoms with Crippen molar-refractivity contribution in [3.8, 4) is 11.8 Å². The van der Waals surface area contributed by atoms with Gasteiger partial charge in [0.05, 0.1) is 13.1 Å². The lowest BCUT2D eigenvalue weighted by Crippen LogP contribution is -2.34. The Hall–Kier alpha value is -2.32. The van der Waals surface area contributed by atoms with Gasteiger partial charge in [0.15, 0.2) is 0 Å². The van der Waals surface area contributed by atoms with E-state index in [1.807, 2.05) is 25.1 Å². The third-order valence-corrected chi connectivity index (χ3v) is 3.35. The van der Waals surface area contributed by atoms with E-state index in [0.717, 1.165) is 23.2 Å². The van der Waals surface area contributed by atoms with E-state index in [-0.39, 0.29) is 18.4 Å². The first-order chi connectivity index (χ1) is 10.1. The molecular formula is C16H19N3O2. The number of carbonyl (C=O) groups is 2. The van der Waals surface area contributed by atoms with Crippen molar-refractivity contribution in [2.75, 3.05) is 25.0 Å². The molecule has 2 amide bonds. The molecule has 1 fully saturated rings. The van der Waals surface area contributed by atoms with Crippen LogP contribution in [0, 0.1) is 18.8 Å². The highest BCUT2D eigenvalue weighted by Crippen LogP contribution is 2.17. The predicted octanol–water partition coefficient (Wildman–Crippen LogP) is 0.866. The van der Waals surface area contributed by atoms with Crippen LogP contribution >= 0.6 is 0 Å². The standard InChI is InChI=1S/C16H19N3O2/c1-12-6-7-13(4-2-8-17)10-14(12)18-15(20)11-19-9-3-5-16(19)21/h6-7,10H,3,5,8-9,11,17H2,1H3,(H,18,20). The Morgan fingerprint density at radius 1 is 1.48 bits per heavy atom. The number of likely N-dealkylation sites (tertiary alicyclic amines) is 1. The zero-order valence-corrected chi connectivity index (χ0v) is 12.1. The van der Waals surface area contributed by atoms with Crippen LogP contribution < -0.4 is 11.1 Å². The van der Waals surface area contributed by atoms with Gasteiger partial charge in [0.1, 0.15) is 0 Å². The molecule has 0 radical (unpaired) electrons. The number of nitrogens with one attached hydrogen (secondary N) is 1. The molecule has 1 aromatic rings. The van der Waals surface area contributed by atoms with Crippen LogP contribution in [0.5, 0.6) is 0 Å². The second kappa shape index (κ2) is 6.91. The van der Waals surface area contributed by atoms with Gasteiger partial charge in [-0.15, -0.1) is 0 Å². The number of benzene rings is 1. The number of nitrogens with two attached hydrogens (primary N) is 1. The van der Waals surface area contributed by atoms with Gasteiger partial charge in [-0.2, -0.15) is 0 Å². The van der Waals surface area contributed by atoms with Gasteiger partial charge in [0, 0.05) is 24.2 Å². The maximum absolute atomic E-state index is 12.0. The van der Waals surface area contributed by atoms with Crippen molar-refractivity contribution >= 4 is 17.5 Å². The van der Waals surface area contributed by atoms with Gasteiger partial charge < -0.3 is 16.0 Å². The van der Waals surface area contributed by atoms with Crippen LogP contribution in [0.15, 0.2) is 18.2 Å². The lowest BCUT2D eigenvalue weighted by molar-refractivity contribution is -0.131. The van der Waals surface area contributed by atoms with Crippen LogP contribution in [0.25, 0.3) is 0 Å². The van der Waals surface area contributed by atoms with Crippen molar-refractivity contribution in [2.45, 2.75) is 19.8 Å². The van der Waals surface area contributed by atoms with Crippen LogP contribution in [0.3, 0.4) is 0 Å². The fourth-order valence-electron chi connectivity index (χ4n) is 2.22. The molecule has 1 saturated heterocycles. The average Bonchev–Trinajstić information content (AvgIpc) is 2.85. The van der Waals surface area contributed by atoms with E-state index >= 15 is 0 Å². The molecule has 1 aromatic carbocycles. The summed E-state index contributed by atoms with van der Waals surface area (Å²) < 4.78 is 0. The summed E-state index contributed by atoms with van der Waals surface area (Å²) in [7, 11) is 0. The normalized spacial score (nSPS) is 13.8. The minimum atomic E-state index is -0.183. The van der Waals surface area contributed by atoms with Gasteiger partial charge in [-0.3, -0.25) is 9.59 Å². The third kappa shape index (κ3) is 4.07. The highest BCUT2D eigenvalue weighted by atomic mass is 16.2. The van der Waals surface area contributed by atoms with Gasteiger partial charge in [-0.25, -0.2) is 0 Å². The molecule has 21 heavy (non-hydrogen) atoms. The Morgan fingerprint density at radius 3 is 2.95 bits per heavy atom. The van der Waals surface area contributed by atoms with E-state index < -0.39 is 0 Å². The van der Waals surface area contributed by atoms with E-state index in [1.54, 1.807) is 4.90 Å². The van der Waals surface area contributed by atoms with E-state index in [9.17, 15) is 9.59 Å². The smallest absolute Gasteiger partial charge is 0.244 e. The zero-order valence-electron chi connectivity index (χ0n) is 12.1. The average molecular weight is 285 g/mol. The maximum Gasteiger partial charge on any atom is 0.244 e. The quantitative estimate of drug-likeness (QED) is 0.809. The summed E-state index contributed by atoms with van der Waals surface area (Å²) in [5.74, 6) is 5.58. The lowest BCUT2D eigenvalue weighted by atomic mass is 10.1. The van der Waals surface area contributed by atoms with Crippen molar-refractivity contribution in [2.24, 2.45) is 5.73 Å². The van der Waals surface area contributed by atoms with Crippen LogP contribution in [-0.4, -0.2) is 36.3 Å². The molecule has 0 aliphatic carbocycles. The Bertz CT molecular complexity index is 614. The van der Waals surface area contributed by atoms with Crippen molar-refractivity contribution < 1.29 is 9.59 Å². The number of carbonyl (C=O) groups excluding carboxylic acids is 2. The summed E-state index contributed by atoms with van der Waals surface area (Å²) in [6.07, 6.45) is 1.37. The van der Waals surface area contributed by atoms with Crippen molar-refractivity contribution in [3.05, 3.63) is 29.3 Å². The fraction of sp³-hybridized carbons (Fsp3) is 0.375. The summed E-state index contributed by atoms with van der Waals surface area (Å²) in [5.41, 5.74) is 7.82. The summed E-state index contributed by atoms with van der Waals surface area (Å²) in [6.45, 7) is 2.98. The molecule has 0 aromatic heterocycles. The van der Waals surface area contributed by atoms with Gasteiger partial charge in [-0.1, -0.05) is 17.9 Å². The van der Waals surface area contributed by atoms with Gasteiger partial charge in [0.25, 0.3) is 0 Å². The van der Waals surface area contributed by atoms with Crippen LogP contribution in [0.4, 0.5) is 5.69 Å². The predicted molar refractivity (Wildman–Crippen MR) is 81.6 cm³/mol. The molecule has 0 unspecified atom stereocenters. The fourth-order valence-corrected chi connectivity index (χ4v) is 2.22. The number of anilines is 1. The summed E-state index contributed by atoms with van der Waals surface area (Å²) in [4.78, 5) is 25.1. The first-order valence-electron chi connectivity index (χ1n) is 6.97. The summed E-state index contributed by atoms with van der Waals surface area (Å²) in [5, 5.41) is 2.84. The Balaban J connectivity index is 2.04. The van der Waals surface area contributed by atoms with Crippen molar-refractivity contribution in [1.29, 1.82) is 0 Å². The SMILES string of the molecule is Cc1ccc(C#CCN)cc1NC(=O)CN1CCCC1=O. The molecule has 5 nitrogen and oxygen atoms in total. The molecule has 1 aliphatic heterocycles.